The SMILES string of the molecule is CCCCNC(=O)c1ccc(NCC(=O)N2CCc3ccccc32)cc1. The van der Waals surface area contributed by atoms with E-state index in [-0.39, 0.29) is 18.4 Å². The van der Waals surface area contributed by atoms with Crippen molar-refractivity contribution >= 4 is 23.2 Å². The fraction of sp³-hybridized carbons (Fsp3) is 0.333. The Bertz CT molecular complexity index is 771. The minimum absolute atomic E-state index is 0.0522. The van der Waals surface area contributed by atoms with Gasteiger partial charge in [-0.25, -0.2) is 0 Å². The third-order valence-electron chi connectivity index (χ3n) is 4.59. The molecule has 0 saturated carbocycles. The van der Waals surface area contributed by atoms with Crippen LogP contribution < -0.4 is 15.5 Å². The zero-order valence-corrected chi connectivity index (χ0v) is 15.1. The molecule has 0 aromatic heterocycles. The van der Waals surface area contributed by atoms with E-state index in [1.165, 1.54) is 5.56 Å². The molecule has 0 radical (unpaired) electrons. The highest BCUT2D eigenvalue weighted by Gasteiger charge is 2.23. The lowest BCUT2D eigenvalue weighted by Crippen LogP contribution is -2.34. The zero-order valence-electron chi connectivity index (χ0n) is 15.1. The number of amides is 2. The first-order valence-corrected chi connectivity index (χ1v) is 9.19. The Morgan fingerprint density at radius 2 is 1.85 bits per heavy atom. The molecule has 5 heteroatoms. The predicted molar refractivity (Wildman–Crippen MR) is 105 cm³/mol. The predicted octanol–water partition coefficient (Wildman–Crippen LogP) is 3.22. The van der Waals surface area contributed by atoms with Crippen molar-refractivity contribution in [3.63, 3.8) is 0 Å². The minimum atomic E-state index is -0.0604. The third kappa shape index (κ3) is 4.23. The lowest BCUT2D eigenvalue weighted by Gasteiger charge is -2.18. The summed E-state index contributed by atoms with van der Waals surface area (Å²) in [6, 6.07) is 15.2. The molecular weight excluding hydrogens is 326 g/mol. The van der Waals surface area contributed by atoms with Gasteiger partial charge in [-0.1, -0.05) is 31.5 Å². The van der Waals surface area contributed by atoms with Gasteiger partial charge in [0.2, 0.25) is 5.91 Å². The lowest BCUT2D eigenvalue weighted by molar-refractivity contribution is -0.116. The molecule has 136 valence electrons. The fourth-order valence-corrected chi connectivity index (χ4v) is 3.09. The van der Waals surface area contributed by atoms with Crippen molar-refractivity contribution in [2.75, 3.05) is 29.9 Å². The molecule has 0 aliphatic carbocycles. The number of nitrogens with zero attached hydrogens (tertiary/aromatic N) is 1. The number of anilines is 2. The Balaban J connectivity index is 1.52. The number of carbonyl (C=O) groups excluding carboxylic acids is 2. The van der Waals surface area contributed by atoms with Crippen LogP contribution in [-0.4, -0.2) is 31.4 Å². The molecular formula is C21H25N3O2. The van der Waals surface area contributed by atoms with E-state index in [9.17, 15) is 9.59 Å². The molecule has 1 heterocycles. The van der Waals surface area contributed by atoms with Gasteiger partial charge in [-0.15, -0.1) is 0 Å². The maximum absolute atomic E-state index is 12.5. The van der Waals surface area contributed by atoms with Crippen LogP contribution in [0.1, 0.15) is 35.7 Å². The molecule has 2 amide bonds. The summed E-state index contributed by atoms with van der Waals surface area (Å²) in [6.07, 6.45) is 2.94. The number of fused-ring (bicyclic) bond motifs is 1. The summed E-state index contributed by atoms with van der Waals surface area (Å²) in [5, 5.41) is 6.04. The van der Waals surface area contributed by atoms with Crippen molar-refractivity contribution in [2.45, 2.75) is 26.2 Å². The Labute approximate surface area is 154 Å². The minimum Gasteiger partial charge on any atom is -0.376 e. The van der Waals surface area contributed by atoms with Crippen LogP contribution in [0.5, 0.6) is 0 Å². The monoisotopic (exact) mass is 351 g/mol. The molecule has 2 N–H and O–H groups in total. The highest BCUT2D eigenvalue weighted by Crippen LogP contribution is 2.27. The average Bonchev–Trinajstić information content (AvgIpc) is 3.11. The summed E-state index contributed by atoms with van der Waals surface area (Å²) < 4.78 is 0. The van der Waals surface area contributed by atoms with Crippen LogP contribution in [0.2, 0.25) is 0 Å². The maximum Gasteiger partial charge on any atom is 0.251 e. The first kappa shape index (κ1) is 18.0. The maximum atomic E-state index is 12.5. The van der Waals surface area contributed by atoms with Crippen LogP contribution >= 0.6 is 0 Å². The van der Waals surface area contributed by atoms with Gasteiger partial charge in [-0.05, 0) is 48.7 Å². The summed E-state index contributed by atoms with van der Waals surface area (Å²) in [7, 11) is 0. The van der Waals surface area contributed by atoms with Gasteiger partial charge >= 0.3 is 0 Å². The summed E-state index contributed by atoms with van der Waals surface area (Å²) >= 11 is 0. The summed E-state index contributed by atoms with van der Waals surface area (Å²) in [6.45, 7) is 3.75. The normalized spacial score (nSPS) is 12.6. The van der Waals surface area contributed by atoms with Crippen LogP contribution in [0.25, 0.3) is 0 Å². The van der Waals surface area contributed by atoms with Gasteiger partial charge in [-0.2, -0.15) is 0 Å². The van der Waals surface area contributed by atoms with Crippen LogP contribution in [0.4, 0.5) is 11.4 Å². The molecule has 3 rings (SSSR count). The van der Waals surface area contributed by atoms with Gasteiger partial charge in [0.1, 0.15) is 0 Å². The van der Waals surface area contributed by atoms with Gasteiger partial charge in [0.05, 0.1) is 6.54 Å². The second-order valence-electron chi connectivity index (χ2n) is 6.46. The highest BCUT2D eigenvalue weighted by atomic mass is 16.2. The molecule has 2 aromatic rings. The summed E-state index contributed by atoms with van der Waals surface area (Å²) in [4.78, 5) is 26.3. The van der Waals surface area contributed by atoms with E-state index in [0.29, 0.717) is 12.1 Å². The van der Waals surface area contributed by atoms with Crippen LogP contribution in [-0.2, 0) is 11.2 Å². The summed E-state index contributed by atoms with van der Waals surface area (Å²) in [5.41, 5.74) is 3.69. The van der Waals surface area contributed by atoms with Crippen molar-refractivity contribution in [3.8, 4) is 0 Å². The molecule has 0 unspecified atom stereocenters. The van der Waals surface area contributed by atoms with E-state index in [0.717, 1.165) is 37.2 Å². The van der Waals surface area contributed by atoms with Crippen LogP contribution in [0, 0.1) is 0 Å². The molecule has 1 aliphatic heterocycles. The zero-order chi connectivity index (χ0) is 18.4. The Kier molecular flexibility index (Phi) is 5.89. The van der Waals surface area contributed by atoms with Crippen molar-refractivity contribution in [2.24, 2.45) is 0 Å². The molecule has 0 bridgehead atoms. The molecule has 5 nitrogen and oxygen atoms in total. The number of hydrogen-bond acceptors (Lipinski definition) is 3. The van der Waals surface area contributed by atoms with Crippen molar-refractivity contribution in [1.29, 1.82) is 0 Å². The van der Waals surface area contributed by atoms with Crippen molar-refractivity contribution in [1.82, 2.24) is 5.32 Å². The standard InChI is InChI=1S/C21H25N3O2/c1-2-3-13-22-21(26)17-8-10-18(11-9-17)23-15-20(25)24-14-12-16-6-4-5-7-19(16)24/h4-11,23H,2-3,12-15H2,1H3,(H,22,26). The van der Waals surface area contributed by atoms with E-state index < -0.39 is 0 Å². The first-order valence-electron chi connectivity index (χ1n) is 9.19. The molecule has 0 spiro atoms. The largest absolute Gasteiger partial charge is 0.376 e. The number of para-hydroxylation sites is 1. The third-order valence-corrected chi connectivity index (χ3v) is 4.59. The number of unbranched alkanes of at least 4 members (excludes halogenated alkanes) is 1. The number of rotatable bonds is 7. The van der Waals surface area contributed by atoms with E-state index in [1.807, 2.05) is 35.2 Å². The number of benzene rings is 2. The first-order chi connectivity index (χ1) is 12.7. The van der Waals surface area contributed by atoms with Crippen LogP contribution in [0.3, 0.4) is 0 Å². The molecule has 0 saturated heterocycles. The smallest absolute Gasteiger partial charge is 0.251 e. The highest BCUT2D eigenvalue weighted by molar-refractivity contribution is 5.98. The Hall–Kier alpha value is -2.82. The number of hydrogen-bond donors (Lipinski definition) is 2. The van der Waals surface area contributed by atoms with Crippen LogP contribution in [0.15, 0.2) is 48.5 Å². The van der Waals surface area contributed by atoms with Crippen molar-refractivity contribution < 1.29 is 9.59 Å². The van der Waals surface area contributed by atoms with E-state index in [2.05, 4.69) is 23.6 Å². The van der Waals surface area contributed by atoms with Gasteiger partial charge in [0, 0.05) is 30.0 Å². The average molecular weight is 351 g/mol. The van der Waals surface area contributed by atoms with Gasteiger partial charge in [-0.3, -0.25) is 9.59 Å². The Morgan fingerprint density at radius 1 is 1.08 bits per heavy atom. The molecule has 2 aromatic carbocycles. The van der Waals surface area contributed by atoms with Crippen molar-refractivity contribution in [3.05, 3.63) is 59.7 Å². The number of carbonyl (C=O) groups is 2. The molecule has 0 fully saturated rings. The fourth-order valence-electron chi connectivity index (χ4n) is 3.09. The molecule has 1 aliphatic rings. The molecule has 0 atom stereocenters. The number of nitrogens with one attached hydrogen (secondary N) is 2. The van der Waals surface area contributed by atoms with E-state index >= 15 is 0 Å². The Morgan fingerprint density at radius 3 is 2.62 bits per heavy atom. The molecule has 26 heavy (non-hydrogen) atoms. The van der Waals surface area contributed by atoms with E-state index in [1.54, 1.807) is 12.1 Å². The second-order valence-corrected chi connectivity index (χ2v) is 6.46. The quantitative estimate of drug-likeness (QED) is 0.753. The van der Waals surface area contributed by atoms with Gasteiger partial charge < -0.3 is 15.5 Å². The second kappa shape index (κ2) is 8.52. The van der Waals surface area contributed by atoms with Gasteiger partial charge in [0.25, 0.3) is 5.91 Å². The lowest BCUT2D eigenvalue weighted by atomic mass is 10.2. The van der Waals surface area contributed by atoms with Gasteiger partial charge in [0.15, 0.2) is 0 Å². The topological polar surface area (TPSA) is 61.4 Å². The van der Waals surface area contributed by atoms with E-state index in [4.69, 9.17) is 0 Å². The summed E-state index contributed by atoms with van der Waals surface area (Å²) in [5.74, 6) is -0.00825.